The van der Waals surface area contributed by atoms with Crippen molar-refractivity contribution in [3.8, 4) is 40.2 Å². The number of carbonyl (C=O) groups is 1. The molecule has 0 spiro atoms. The molecule has 3 aromatic heterocycles. The van der Waals surface area contributed by atoms with Crippen LogP contribution in [0.1, 0.15) is 60.1 Å². The van der Waals surface area contributed by atoms with E-state index in [0.717, 1.165) is 29.2 Å². The van der Waals surface area contributed by atoms with E-state index >= 15 is 0 Å². The van der Waals surface area contributed by atoms with Crippen molar-refractivity contribution in [2.45, 2.75) is 70.1 Å². The van der Waals surface area contributed by atoms with Crippen molar-refractivity contribution < 1.29 is 37.3 Å². The first-order valence-electron chi connectivity index (χ1n) is 17.0. The van der Waals surface area contributed by atoms with Gasteiger partial charge >= 0.3 is 6.18 Å². The van der Waals surface area contributed by atoms with Gasteiger partial charge in [0.05, 0.1) is 36.7 Å². The summed E-state index contributed by atoms with van der Waals surface area (Å²) in [6.07, 6.45) is -2.24. The number of methoxy groups -OCH3 is 2. The monoisotopic (exact) mass is 740 g/mol. The second kappa shape index (κ2) is 16.0. The second-order valence-electron chi connectivity index (χ2n) is 12.8. The lowest BCUT2D eigenvalue weighted by molar-refractivity contribution is -0.139. The van der Waals surface area contributed by atoms with Gasteiger partial charge in [-0.25, -0.2) is 4.98 Å². The Hall–Kier alpha value is -4.50. The summed E-state index contributed by atoms with van der Waals surface area (Å²) in [5.41, 5.74) is 4.05. The van der Waals surface area contributed by atoms with Crippen LogP contribution in [0.2, 0.25) is 5.02 Å². The predicted molar refractivity (Wildman–Crippen MR) is 188 cm³/mol. The summed E-state index contributed by atoms with van der Waals surface area (Å²) in [7, 11) is 2.88. The number of pyridine rings is 3. The molecule has 4 heterocycles. The van der Waals surface area contributed by atoms with Crippen molar-refractivity contribution in [2.75, 3.05) is 27.3 Å². The fraction of sp³-hybridized carbons (Fsp3) is 0.405. The minimum absolute atomic E-state index is 0.00513. The summed E-state index contributed by atoms with van der Waals surface area (Å²) < 4.78 is 59.9. The van der Waals surface area contributed by atoms with Gasteiger partial charge in [0.25, 0.3) is 0 Å². The van der Waals surface area contributed by atoms with Gasteiger partial charge in [0.1, 0.15) is 11.7 Å². The van der Waals surface area contributed by atoms with Crippen LogP contribution in [0.15, 0.2) is 48.7 Å². The van der Waals surface area contributed by atoms with Gasteiger partial charge in [-0.2, -0.15) is 18.2 Å². The number of rotatable bonds is 14. The largest absolute Gasteiger partial charge is 0.481 e. The Morgan fingerprint density at radius 3 is 2.46 bits per heavy atom. The van der Waals surface area contributed by atoms with Crippen LogP contribution in [0.3, 0.4) is 0 Å². The van der Waals surface area contributed by atoms with Crippen molar-refractivity contribution in [3.63, 3.8) is 0 Å². The Bertz CT molecular complexity index is 1930. The second-order valence-corrected chi connectivity index (χ2v) is 13.2. The molecule has 11 nitrogen and oxygen atoms in total. The van der Waals surface area contributed by atoms with E-state index in [2.05, 4.69) is 25.9 Å². The number of hydrogen-bond donors (Lipinski definition) is 4. The summed E-state index contributed by atoms with van der Waals surface area (Å²) in [4.78, 5) is 25.0. The molecule has 52 heavy (non-hydrogen) atoms. The summed E-state index contributed by atoms with van der Waals surface area (Å²) in [6.45, 7) is 2.90. The quantitative estimate of drug-likeness (QED) is 0.126. The van der Waals surface area contributed by atoms with Gasteiger partial charge in [0, 0.05) is 67.1 Å². The highest BCUT2D eigenvalue weighted by Gasteiger charge is 2.39. The summed E-state index contributed by atoms with van der Waals surface area (Å²) in [5.74, 6) is -0.0810. The Morgan fingerprint density at radius 2 is 1.75 bits per heavy atom. The average Bonchev–Trinajstić information content (AvgIpc) is 3.73. The lowest BCUT2D eigenvalue weighted by atomic mass is 9.98. The third-order valence-corrected chi connectivity index (χ3v) is 9.48. The maximum Gasteiger partial charge on any atom is 0.421 e. The van der Waals surface area contributed by atoms with Crippen molar-refractivity contribution >= 4 is 17.5 Å². The van der Waals surface area contributed by atoms with E-state index in [4.69, 9.17) is 30.8 Å². The van der Waals surface area contributed by atoms with Gasteiger partial charge in [-0.05, 0) is 55.5 Å². The van der Waals surface area contributed by atoms with Gasteiger partial charge < -0.3 is 35.3 Å². The Kier molecular flexibility index (Phi) is 11.5. The van der Waals surface area contributed by atoms with E-state index in [1.807, 2.05) is 24.3 Å². The Morgan fingerprint density at radius 1 is 0.981 bits per heavy atom. The zero-order valence-corrected chi connectivity index (χ0v) is 29.7. The van der Waals surface area contributed by atoms with Crippen LogP contribution in [0.25, 0.3) is 22.5 Å². The zero-order valence-electron chi connectivity index (χ0n) is 28.9. The number of carbonyl (C=O) groups excluding carboxylic acids is 1. The summed E-state index contributed by atoms with van der Waals surface area (Å²) >= 11 is 7.03. The van der Waals surface area contributed by atoms with Crippen LogP contribution in [0.5, 0.6) is 17.6 Å². The highest BCUT2D eigenvalue weighted by atomic mass is 35.5. The molecule has 1 aromatic carbocycles. The highest BCUT2D eigenvalue weighted by Crippen LogP contribution is 2.45. The molecular formula is C37H40ClF3N6O5. The minimum Gasteiger partial charge on any atom is -0.481 e. The normalized spacial score (nSPS) is 17.5. The number of nitrogens with one attached hydrogen (secondary N) is 3. The van der Waals surface area contributed by atoms with Gasteiger partial charge in [0.15, 0.2) is 0 Å². The zero-order chi connectivity index (χ0) is 37.0. The number of fused-ring (bicyclic) bond motifs is 1. The molecule has 1 saturated heterocycles. The molecule has 0 unspecified atom stereocenters. The van der Waals surface area contributed by atoms with Crippen LogP contribution in [0.4, 0.5) is 13.2 Å². The molecule has 0 bridgehead atoms. The molecule has 276 valence electrons. The van der Waals surface area contributed by atoms with E-state index in [1.54, 1.807) is 32.4 Å². The number of halogens is 4. The molecule has 0 saturated carbocycles. The first-order chi connectivity index (χ1) is 25.0. The molecular weight excluding hydrogens is 701 g/mol. The van der Waals surface area contributed by atoms with Gasteiger partial charge in [0.2, 0.25) is 23.5 Å². The van der Waals surface area contributed by atoms with E-state index < -0.39 is 29.8 Å². The molecule has 1 aliphatic heterocycles. The highest BCUT2D eigenvalue weighted by molar-refractivity contribution is 6.35. The number of aliphatic hydroxyl groups excluding tert-OH is 1. The number of amides is 1. The summed E-state index contributed by atoms with van der Waals surface area (Å²) in [6, 6.07) is 12.1. The molecule has 6 rings (SSSR count). The first kappa shape index (κ1) is 37.3. The average molecular weight is 741 g/mol. The predicted octanol–water partition coefficient (Wildman–Crippen LogP) is 5.80. The molecule has 3 atom stereocenters. The third kappa shape index (κ3) is 8.25. The van der Waals surface area contributed by atoms with E-state index in [9.17, 15) is 23.1 Å². The number of nitrogens with zero attached hydrogens (tertiary/aromatic N) is 3. The molecule has 1 amide bonds. The van der Waals surface area contributed by atoms with Crippen LogP contribution in [0, 0.1) is 0 Å². The van der Waals surface area contributed by atoms with Crippen molar-refractivity contribution in [1.29, 1.82) is 0 Å². The molecule has 1 fully saturated rings. The number of aliphatic hydroxyl groups is 1. The van der Waals surface area contributed by atoms with Crippen molar-refractivity contribution in [1.82, 2.24) is 30.9 Å². The molecule has 2 aliphatic rings. The fourth-order valence-corrected chi connectivity index (χ4v) is 6.91. The third-order valence-electron chi connectivity index (χ3n) is 9.09. The maximum absolute atomic E-state index is 14.3. The first-order valence-corrected chi connectivity index (χ1v) is 17.4. The number of ether oxygens (including phenoxy) is 3. The number of alkyl halides is 3. The SMILES string of the molecule is COc1nc(-c2ccnc(-c3cccc4c3CC[C@H]4Oc3nc(OC)c(CNC[C@@H](C)O)cc3C(F)(F)F)c2Cl)ccc1CNC[C@H]1CCC(=O)N1. The van der Waals surface area contributed by atoms with E-state index in [1.165, 1.54) is 7.11 Å². The smallest absolute Gasteiger partial charge is 0.421 e. The number of hydrogen-bond acceptors (Lipinski definition) is 10. The molecule has 1 aliphatic carbocycles. The minimum atomic E-state index is -4.74. The van der Waals surface area contributed by atoms with Gasteiger partial charge in [-0.15, -0.1) is 0 Å². The molecule has 15 heteroatoms. The standard InChI is InChI=1S/C37H40ClF3N6O5/c1-20(48)16-42-18-22-15-28(37(39,40)41)36(47-35(22)51-3)52-30-11-9-24-25(30)5-4-6-26(24)33-32(38)27(13-14-44-33)29-10-7-21(34(46-29)50-2)17-43-19-23-8-12-31(49)45-23/h4-7,10,13-15,20,23,30,42-43,48H,8-9,11-12,16-19H2,1-3H3,(H,45,49)/t20-,23-,30-/m1/s1. The number of aromatic nitrogens is 3. The maximum atomic E-state index is 14.3. The summed E-state index contributed by atoms with van der Waals surface area (Å²) in [5, 5.41) is 19.1. The van der Waals surface area contributed by atoms with Crippen LogP contribution < -0.4 is 30.2 Å². The van der Waals surface area contributed by atoms with Crippen LogP contribution >= 0.6 is 11.6 Å². The number of benzene rings is 1. The van der Waals surface area contributed by atoms with Crippen LogP contribution in [-0.4, -0.2) is 65.4 Å². The van der Waals surface area contributed by atoms with Gasteiger partial charge in [-0.3, -0.25) is 9.78 Å². The van der Waals surface area contributed by atoms with Crippen molar-refractivity contribution in [2.24, 2.45) is 0 Å². The lowest BCUT2D eigenvalue weighted by Crippen LogP contribution is -2.35. The topological polar surface area (TPSA) is 140 Å². The van der Waals surface area contributed by atoms with E-state index in [0.29, 0.717) is 65.8 Å². The molecule has 4 N–H and O–H groups in total. The molecule has 4 aromatic rings. The van der Waals surface area contributed by atoms with E-state index in [-0.39, 0.29) is 36.5 Å². The Labute approximate surface area is 304 Å². The van der Waals surface area contributed by atoms with Crippen LogP contribution in [-0.2, 0) is 30.5 Å². The fourth-order valence-electron chi connectivity index (χ4n) is 6.60. The lowest BCUT2D eigenvalue weighted by Gasteiger charge is -2.21. The van der Waals surface area contributed by atoms with Gasteiger partial charge in [-0.1, -0.05) is 35.9 Å². The molecule has 0 radical (unpaired) electrons. The van der Waals surface area contributed by atoms with Crippen molar-refractivity contribution in [3.05, 3.63) is 81.5 Å². The Balaban J connectivity index is 1.25.